The largest absolute Gasteiger partial charge is 0.343 e. The second-order valence-corrected chi connectivity index (χ2v) is 7.84. The van der Waals surface area contributed by atoms with Gasteiger partial charge in [-0.1, -0.05) is 30.8 Å². The first-order valence-corrected chi connectivity index (χ1v) is 10.1. The van der Waals surface area contributed by atoms with E-state index in [2.05, 4.69) is 22.2 Å². The lowest BCUT2D eigenvalue weighted by atomic mass is 9.76. The number of carbonyl (C=O) groups is 1. The van der Waals surface area contributed by atoms with Gasteiger partial charge in [-0.15, -0.1) is 0 Å². The Bertz CT molecular complexity index is 982. The molecule has 0 spiro atoms. The van der Waals surface area contributed by atoms with Crippen LogP contribution < -0.4 is 10.9 Å². The SMILES string of the molecule is CCCSc1nc2c(c(=O)[nH]1)[C@H](c1ccc(F)cc1)C1=C(CCCC1=O)N2. The number of aromatic amines is 1. The van der Waals surface area contributed by atoms with Crippen molar-refractivity contribution in [3.63, 3.8) is 0 Å². The summed E-state index contributed by atoms with van der Waals surface area (Å²) >= 11 is 1.50. The van der Waals surface area contributed by atoms with E-state index < -0.39 is 5.92 Å². The molecule has 1 atom stereocenters. The van der Waals surface area contributed by atoms with Gasteiger partial charge in [0, 0.05) is 29.4 Å². The molecule has 7 heteroatoms. The molecule has 2 heterocycles. The number of aromatic nitrogens is 2. The molecule has 0 bridgehead atoms. The van der Waals surface area contributed by atoms with E-state index in [1.165, 1.54) is 23.9 Å². The molecule has 0 fully saturated rings. The highest BCUT2D eigenvalue weighted by atomic mass is 32.2. The molecule has 140 valence electrons. The van der Waals surface area contributed by atoms with Gasteiger partial charge >= 0.3 is 0 Å². The lowest BCUT2D eigenvalue weighted by Gasteiger charge is -2.32. The summed E-state index contributed by atoms with van der Waals surface area (Å²) < 4.78 is 13.4. The fourth-order valence-electron chi connectivity index (χ4n) is 3.70. The van der Waals surface area contributed by atoms with Crippen molar-refractivity contribution in [3.05, 3.63) is 62.8 Å². The maximum absolute atomic E-state index is 13.4. The second kappa shape index (κ2) is 7.31. The summed E-state index contributed by atoms with van der Waals surface area (Å²) in [6, 6.07) is 6.00. The van der Waals surface area contributed by atoms with Gasteiger partial charge in [-0.3, -0.25) is 9.59 Å². The lowest BCUT2D eigenvalue weighted by Crippen LogP contribution is -2.32. The standard InChI is InChI=1S/C20H20FN3O2S/c1-2-10-27-20-23-18-17(19(26)24-20)15(11-6-8-12(21)9-7-11)16-13(22-18)4-3-5-14(16)25/h6-9,15H,2-5,10H2,1H3,(H2,22,23,24,26)/t15-/m1/s1. The van der Waals surface area contributed by atoms with Crippen LogP contribution in [0.2, 0.25) is 0 Å². The van der Waals surface area contributed by atoms with E-state index in [4.69, 9.17) is 0 Å². The third-order valence-corrected chi connectivity index (χ3v) is 5.96. The van der Waals surface area contributed by atoms with Gasteiger partial charge in [0.25, 0.3) is 5.56 Å². The highest BCUT2D eigenvalue weighted by Crippen LogP contribution is 2.43. The normalized spacial score (nSPS) is 18.7. The van der Waals surface area contributed by atoms with E-state index in [-0.39, 0.29) is 17.2 Å². The molecular weight excluding hydrogens is 365 g/mol. The minimum atomic E-state index is -0.522. The van der Waals surface area contributed by atoms with E-state index in [9.17, 15) is 14.0 Å². The van der Waals surface area contributed by atoms with Crippen molar-refractivity contribution in [2.75, 3.05) is 11.1 Å². The van der Waals surface area contributed by atoms with Gasteiger partial charge in [-0.2, -0.15) is 0 Å². The van der Waals surface area contributed by atoms with E-state index >= 15 is 0 Å². The molecular formula is C20H20FN3O2S. The number of anilines is 1. The monoisotopic (exact) mass is 385 g/mol. The summed E-state index contributed by atoms with van der Waals surface area (Å²) in [5.74, 6) is 0.518. The molecule has 0 amide bonds. The van der Waals surface area contributed by atoms with Crippen LogP contribution in [-0.4, -0.2) is 21.5 Å². The van der Waals surface area contributed by atoms with Crippen LogP contribution in [0.5, 0.6) is 0 Å². The zero-order valence-electron chi connectivity index (χ0n) is 15.0. The summed E-state index contributed by atoms with van der Waals surface area (Å²) in [7, 11) is 0. The zero-order valence-corrected chi connectivity index (χ0v) is 15.8. The molecule has 0 saturated carbocycles. The predicted octanol–water partition coefficient (Wildman–Crippen LogP) is 3.98. The van der Waals surface area contributed by atoms with Crippen molar-refractivity contribution in [3.8, 4) is 0 Å². The number of H-pyrrole nitrogens is 1. The van der Waals surface area contributed by atoms with Crippen molar-refractivity contribution in [2.24, 2.45) is 0 Å². The van der Waals surface area contributed by atoms with Gasteiger partial charge < -0.3 is 10.3 Å². The number of fused-ring (bicyclic) bond motifs is 1. The number of hydrogen-bond acceptors (Lipinski definition) is 5. The summed E-state index contributed by atoms with van der Waals surface area (Å²) in [5.41, 5.74) is 2.34. The van der Waals surface area contributed by atoms with E-state index in [0.717, 1.165) is 36.3 Å². The number of carbonyl (C=O) groups excluding carboxylic acids is 1. The first-order chi connectivity index (χ1) is 13.1. The maximum Gasteiger partial charge on any atom is 0.257 e. The number of allylic oxidation sites excluding steroid dienone is 2. The summed E-state index contributed by atoms with van der Waals surface area (Å²) in [5, 5.41) is 3.81. The molecule has 0 saturated heterocycles. The van der Waals surface area contributed by atoms with Gasteiger partial charge in [0.05, 0.1) is 5.56 Å². The Hall–Kier alpha value is -2.41. The van der Waals surface area contributed by atoms with Gasteiger partial charge in [0.15, 0.2) is 10.9 Å². The molecule has 2 aliphatic rings. The molecule has 0 unspecified atom stereocenters. The third-order valence-electron chi connectivity index (χ3n) is 4.88. The van der Waals surface area contributed by atoms with Crippen molar-refractivity contribution >= 4 is 23.4 Å². The summed E-state index contributed by atoms with van der Waals surface area (Å²) in [6.45, 7) is 2.07. The number of nitrogens with one attached hydrogen (secondary N) is 2. The van der Waals surface area contributed by atoms with Crippen LogP contribution in [0.1, 0.15) is 49.7 Å². The third kappa shape index (κ3) is 3.32. The Morgan fingerprint density at radius 2 is 2.00 bits per heavy atom. The Morgan fingerprint density at radius 1 is 1.22 bits per heavy atom. The molecule has 0 radical (unpaired) electrons. The van der Waals surface area contributed by atoms with E-state index in [1.807, 2.05) is 0 Å². The number of nitrogens with zero attached hydrogens (tertiary/aromatic N) is 1. The molecule has 2 aromatic rings. The number of rotatable bonds is 4. The van der Waals surface area contributed by atoms with E-state index in [1.54, 1.807) is 12.1 Å². The maximum atomic E-state index is 13.4. The number of thioether (sulfide) groups is 1. The molecule has 2 N–H and O–H groups in total. The van der Waals surface area contributed by atoms with Crippen LogP contribution in [0.15, 0.2) is 45.5 Å². The molecule has 27 heavy (non-hydrogen) atoms. The Labute approximate surface area is 160 Å². The minimum Gasteiger partial charge on any atom is -0.343 e. The molecule has 1 aromatic carbocycles. The number of hydrogen-bond donors (Lipinski definition) is 2. The average Bonchev–Trinajstić information content (AvgIpc) is 2.65. The fraction of sp³-hybridized carbons (Fsp3) is 0.350. The average molecular weight is 385 g/mol. The highest BCUT2D eigenvalue weighted by Gasteiger charge is 2.37. The number of halogens is 1. The van der Waals surface area contributed by atoms with Crippen molar-refractivity contribution < 1.29 is 9.18 Å². The van der Waals surface area contributed by atoms with E-state index in [0.29, 0.717) is 28.5 Å². The van der Waals surface area contributed by atoms with Gasteiger partial charge in [0.2, 0.25) is 0 Å². The molecule has 1 aromatic heterocycles. The number of Topliss-reactive ketones (excluding diaryl/α,β-unsaturated/α-hetero) is 1. The molecule has 4 rings (SSSR count). The van der Waals surface area contributed by atoms with Gasteiger partial charge in [-0.05, 0) is 37.0 Å². The fourth-order valence-corrected chi connectivity index (χ4v) is 4.41. The van der Waals surface area contributed by atoms with Crippen LogP contribution in [0, 0.1) is 5.82 Å². The first-order valence-electron chi connectivity index (χ1n) is 9.14. The summed E-state index contributed by atoms with van der Waals surface area (Å²) in [4.78, 5) is 33.1. The molecule has 5 nitrogen and oxygen atoms in total. The Kier molecular flexibility index (Phi) is 4.86. The smallest absolute Gasteiger partial charge is 0.257 e. The second-order valence-electron chi connectivity index (χ2n) is 6.76. The number of ketones is 1. The highest BCUT2D eigenvalue weighted by molar-refractivity contribution is 7.99. The Balaban J connectivity index is 1.89. The molecule has 1 aliphatic carbocycles. The van der Waals surface area contributed by atoms with Crippen LogP contribution in [0.3, 0.4) is 0 Å². The van der Waals surface area contributed by atoms with Gasteiger partial charge in [0.1, 0.15) is 11.6 Å². The van der Waals surface area contributed by atoms with Crippen LogP contribution in [0.4, 0.5) is 10.2 Å². The Morgan fingerprint density at radius 3 is 2.74 bits per heavy atom. The van der Waals surface area contributed by atoms with Crippen molar-refractivity contribution in [1.82, 2.24) is 9.97 Å². The topological polar surface area (TPSA) is 74.8 Å². The first kappa shape index (κ1) is 18.0. The van der Waals surface area contributed by atoms with Crippen molar-refractivity contribution in [1.29, 1.82) is 0 Å². The van der Waals surface area contributed by atoms with Crippen LogP contribution in [-0.2, 0) is 4.79 Å². The van der Waals surface area contributed by atoms with Crippen molar-refractivity contribution in [2.45, 2.75) is 43.7 Å². The zero-order chi connectivity index (χ0) is 19.0. The summed E-state index contributed by atoms with van der Waals surface area (Å²) in [6.07, 6.45) is 2.95. The quantitative estimate of drug-likeness (QED) is 0.615. The number of benzene rings is 1. The molecule has 1 aliphatic heterocycles. The predicted molar refractivity (Wildman–Crippen MR) is 104 cm³/mol. The van der Waals surface area contributed by atoms with Gasteiger partial charge in [-0.25, -0.2) is 9.37 Å². The lowest BCUT2D eigenvalue weighted by molar-refractivity contribution is -0.116. The van der Waals surface area contributed by atoms with Crippen LogP contribution in [0.25, 0.3) is 0 Å². The minimum absolute atomic E-state index is 0.0348. The van der Waals surface area contributed by atoms with Crippen LogP contribution >= 0.6 is 11.8 Å².